The maximum Gasteiger partial charge on any atom is 0.347 e. The molecule has 1 aromatic heterocycles. The molecule has 0 saturated carbocycles. The van der Waals surface area contributed by atoms with Crippen LogP contribution in [0.3, 0.4) is 0 Å². The number of benzene rings is 2. The largest absolute Gasteiger partial charge is 0.497 e. The summed E-state index contributed by atoms with van der Waals surface area (Å²) in [5.74, 6) is 2.61. The van der Waals surface area contributed by atoms with Crippen molar-refractivity contribution in [3.8, 4) is 22.9 Å². The summed E-state index contributed by atoms with van der Waals surface area (Å²) in [6.45, 7) is 0. The summed E-state index contributed by atoms with van der Waals surface area (Å²) in [7, 11) is 4.78. The van der Waals surface area contributed by atoms with E-state index in [2.05, 4.69) is 10.2 Å². The Kier molecular flexibility index (Phi) is 4.74. The predicted molar refractivity (Wildman–Crippen MR) is 93.1 cm³/mol. The zero-order valence-corrected chi connectivity index (χ0v) is 14.3. The van der Waals surface area contributed by atoms with Gasteiger partial charge >= 0.3 is 5.69 Å². The lowest BCUT2D eigenvalue weighted by Gasteiger charge is -2.10. The van der Waals surface area contributed by atoms with E-state index in [0.29, 0.717) is 23.7 Å². The molecule has 25 heavy (non-hydrogen) atoms. The first-order chi connectivity index (χ1) is 12.2. The van der Waals surface area contributed by atoms with Crippen LogP contribution < -0.4 is 19.9 Å². The number of aromatic nitrogens is 3. The maximum absolute atomic E-state index is 12.2. The van der Waals surface area contributed by atoms with Gasteiger partial charge in [-0.05, 0) is 42.0 Å². The number of hydrogen-bond donors (Lipinski definition) is 1. The minimum absolute atomic E-state index is 0.291. The van der Waals surface area contributed by atoms with Gasteiger partial charge in [0.2, 0.25) is 0 Å². The Balaban J connectivity index is 1.95. The van der Waals surface area contributed by atoms with Gasteiger partial charge in [0.25, 0.3) is 0 Å². The molecular formula is C18H19N3O4. The zero-order valence-electron chi connectivity index (χ0n) is 14.3. The van der Waals surface area contributed by atoms with Crippen molar-refractivity contribution in [1.29, 1.82) is 0 Å². The normalized spacial score (nSPS) is 10.5. The monoisotopic (exact) mass is 341 g/mol. The van der Waals surface area contributed by atoms with Crippen molar-refractivity contribution in [2.24, 2.45) is 0 Å². The fraction of sp³-hybridized carbons (Fsp3) is 0.222. The number of ether oxygens (including phenoxy) is 3. The smallest absolute Gasteiger partial charge is 0.347 e. The molecule has 0 radical (unpaired) electrons. The number of hydrogen-bond acceptors (Lipinski definition) is 5. The predicted octanol–water partition coefficient (Wildman–Crippen LogP) is 2.18. The van der Waals surface area contributed by atoms with Gasteiger partial charge in [-0.1, -0.05) is 6.07 Å². The molecule has 0 atom stereocenters. The Morgan fingerprint density at radius 1 is 0.960 bits per heavy atom. The molecule has 1 N–H and O–H groups in total. The van der Waals surface area contributed by atoms with Crippen LogP contribution >= 0.6 is 0 Å². The Labute approximate surface area is 144 Å². The average molecular weight is 341 g/mol. The third-order valence-electron chi connectivity index (χ3n) is 3.88. The first-order valence-electron chi connectivity index (χ1n) is 7.68. The number of nitrogens with zero attached hydrogens (tertiary/aromatic N) is 2. The Morgan fingerprint density at radius 2 is 1.68 bits per heavy atom. The summed E-state index contributed by atoms with van der Waals surface area (Å²) in [5, 5.41) is 6.66. The maximum atomic E-state index is 12.2. The molecule has 2 aromatic carbocycles. The van der Waals surface area contributed by atoms with E-state index in [-0.39, 0.29) is 5.69 Å². The van der Waals surface area contributed by atoms with E-state index in [4.69, 9.17) is 14.2 Å². The molecule has 130 valence electrons. The summed E-state index contributed by atoms with van der Waals surface area (Å²) in [4.78, 5) is 12.2. The minimum Gasteiger partial charge on any atom is -0.497 e. The van der Waals surface area contributed by atoms with Gasteiger partial charge in [0.05, 0.1) is 27.0 Å². The first kappa shape index (κ1) is 16.6. The second-order valence-electron chi connectivity index (χ2n) is 5.34. The Hall–Kier alpha value is -3.22. The molecule has 1 heterocycles. The van der Waals surface area contributed by atoms with Gasteiger partial charge in [-0.15, -0.1) is 0 Å². The second-order valence-corrected chi connectivity index (χ2v) is 5.34. The highest BCUT2D eigenvalue weighted by Crippen LogP contribution is 2.28. The molecule has 3 rings (SSSR count). The van der Waals surface area contributed by atoms with Crippen molar-refractivity contribution < 1.29 is 14.2 Å². The van der Waals surface area contributed by atoms with Crippen LogP contribution in [0.5, 0.6) is 17.2 Å². The van der Waals surface area contributed by atoms with E-state index in [9.17, 15) is 4.79 Å². The SMILES string of the molecule is COc1ccc(-n2c(Cc3ccc(OC)c(OC)c3)n[nH]c2=O)cc1. The van der Waals surface area contributed by atoms with Crippen LogP contribution in [0.25, 0.3) is 5.69 Å². The van der Waals surface area contributed by atoms with Crippen molar-refractivity contribution in [3.05, 3.63) is 64.3 Å². The van der Waals surface area contributed by atoms with Crippen LogP contribution in [0, 0.1) is 0 Å². The van der Waals surface area contributed by atoms with Crippen molar-refractivity contribution in [2.45, 2.75) is 6.42 Å². The molecule has 0 aliphatic carbocycles. The minimum atomic E-state index is -0.291. The van der Waals surface area contributed by atoms with Gasteiger partial charge in [0.15, 0.2) is 11.5 Å². The molecule has 0 fully saturated rings. The van der Waals surface area contributed by atoms with Gasteiger partial charge < -0.3 is 14.2 Å². The van der Waals surface area contributed by atoms with Gasteiger partial charge in [-0.25, -0.2) is 14.5 Å². The highest BCUT2D eigenvalue weighted by molar-refractivity contribution is 5.44. The third-order valence-corrected chi connectivity index (χ3v) is 3.88. The van der Waals surface area contributed by atoms with Gasteiger partial charge in [-0.2, -0.15) is 5.10 Å². The lowest BCUT2D eigenvalue weighted by molar-refractivity contribution is 0.354. The number of methoxy groups -OCH3 is 3. The lowest BCUT2D eigenvalue weighted by Crippen LogP contribution is -2.17. The molecule has 0 aliphatic rings. The van der Waals surface area contributed by atoms with Crippen LogP contribution in [-0.2, 0) is 6.42 Å². The molecule has 0 aliphatic heterocycles. The molecular weight excluding hydrogens is 322 g/mol. The van der Waals surface area contributed by atoms with E-state index >= 15 is 0 Å². The second kappa shape index (κ2) is 7.12. The van der Waals surface area contributed by atoms with E-state index in [1.54, 1.807) is 33.5 Å². The van der Waals surface area contributed by atoms with Gasteiger partial charge in [0.1, 0.15) is 11.6 Å². The highest BCUT2D eigenvalue weighted by Gasteiger charge is 2.13. The summed E-state index contributed by atoms with van der Waals surface area (Å²) in [6, 6.07) is 12.8. The van der Waals surface area contributed by atoms with Gasteiger partial charge in [-0.3, -0.25) is 0 Å². The van der Waals surface area contributed by atoms with E-state index < -0.39 is 0 Å². The molecule has 3 aromatic rings. The lowest BCUT2D eigenvalue weighted by atomic mass is 10.1. The van der Waals surface area contributed by atoms with Crippen LogP contribution in [0.15, 0.2) is 47.3 Å². The molecule has 0 unspecified atom stereocenters. The van der Waals surface area contributed by atoms with E-state index in [1.807, 2.05) is 30.3 Å². The van der Waals surface area contributed by atoms with Crippen molar-refractivity contribution >= 4 is 0 Å². The van der Waals surface area contributed by atoms with Crippen LogP contribution in [0.4, 0.5) is 0 Å². The zero-order chi connectivity index (χ0) is 17.8. The van der Waals surface area contributed by atoms with E-state index in [0.717, 1.165) is 17.0 Å². The van der Waals surface area contributed by atoms with Crippen molar-refractivity contribution in [2.75, 3.05) is 21.3 Å². The molecule has 0 bridgehead atoms. The topological polar surface area (TPSA) is 78.4 Å². The van der Waals surface area contributed by atoms with Gasteiger partial charge in [0, 0.05) is 6.42 Å². The number of nitrogens with one attached hydrogen (secondary N) is 1. The summed E-state index contributed by atoms with van der Waals surface area (Å²) in [6.07, 6.45) is 0.463. The molecule has 0 spiro atoms. The third kappa shape index (κ3) is 3.35. The summed E-state index contributed by atoms with van der Waals surface area (Å²) >= 11 is 0. The number of H-pyrrole nitrogens is 1. The number of aromatic amines is 1. The van der Waals surface area contributed by atoms with Crippen LogP contribution in [0.1, 0.15) is 11.4 Å². The highest BCUT2D eigenvalue weighted by atomic mass is 16.5. The average Bonchev–Trinajstić information content (AvgIpc) is 3.01. The number of rotatable bonds is 6. The molecule has 0 saturated heterocycles. The molecule has 7 nitrogen and oxygen atoms in total. The van der Waals surface area contributed by atoms with Crippen LogP contribution in [-0.4, -0.2) is 36.1 Å². The molecule has 0 amide bonds. The Morgan fingerprint density at radius 3 is 2.32 bits per heavy atom. The fourth-order valence-corrected chi connectivity index (χ4v) is 2.62. The Bertz CT molecular complexity index is 913. The standard InChI is InChI=1S/C18H19N3O4/c1-23-14-7-5-13(6-8-14)21-17(19-20-18(21)22)11-12-4-9-15(24-2)16(10-12)25-3/h4-10H,11H2,1-3H3,(H,20,22). The van der Waals surface area contributed by atoms with Crippen LogP contribution in [0.2, 0.25) is 0 Å². The van der Waals surface area contributed by atoms with Crippen molar-refractivity contribution in [1.82, 2.24) is 14.8 Å². The fourth-order valence-electron chi connectivity index (χ4n) is 2.62. The van der Waals surface area contributed by atoms with Crippen molar-refractivity contribution in [3.63, 3.8) is 0 Å². The summed E-state index contributed by atoms with van der Waals surface area (Å²) < 4.78 is 17.3. The molecule has 7 heteroatoms. The summed E-state index contributed by atoms with van der Waals surface area (Å²) in [5.41, 5.74) is 1.38. The van der Waals surface area contributed by atoms with E-state index in [1.165, 1.54) is 4.57 Å². The first-order valence-corrected chi connectivity index (χ1v) is 7.68. The quantitative estimate of drug-likeness (QED) is 0.743.